The summed E-state index contributed by atoms with van der Waals surface area (Å²) in [5, 5.41) is 11.1. The molecule has 1 heterocycles. The Hall–Kier alpha value is -2.39. The summed E-state index contributed by atoms with van der Waals surface area (Å²) in [7, 11) is 0. The minimum atomic E-state index is -0.925. The van der Waals surface area contributed by atoms with E-state index in [9.17, 15) is 4.79 Å². The summed E-state index contributed by atoms with van der Waals surface area (Å²) < 4.78 is 0. The van der Waals surface area contributed by atoms with E-state index < -0.39 is 5.97 Å². The first-order valence-electron chi connectivity index (χ1n) is 6.22. The molecule has 1 N–H and O–H groups in total. The minimum absolute atomic E-state index is 0.925. The van der Waals surface area contributed by atoms with Crippen LogP contribution in [-0.2, 0) is 4.79 Å². The average molecular weight is 280 g/mol. The molecule has 2 aromatic carbocycles. The molecule has 20 heavy (non-hydrogen) atoms. The zero-order valence-electron chi connectivity index (χ0n) is 10.6. The maximum atomic E-state index is 10.5. The molecular weight excluding hydrogens is 268 g/mol. The summed E-state index contributed by atoms with van der Waals surface area (Å²) in [5.74, 6) is -0.925. The second-order valence-electron chi connectivity index (χ2n) is 4.44. The van der Waals surface area contributed by atoms with Gasteiger partial charge in [0.15, 0.2) is 0 Å². The number of rotatable bonds is 3. The zero-order valence-corrected chi connectivity index (χ0v) is 11.4. The van der Waals surface area contributed by atoms with Crippen LogP contribution in [-0.4, -0.2) is 11.1 Å². The third-order valence-electron chi connectivity index (χ3n) is 3.05. The summed E-state index contributed by atoms with van der Waals surface area (Å²) >= 11 is 1.59. The zero-order chi connectivity index (χ0) is 13.9. The fraction of sp³-hybridized carbons (Fsp3) is 0. The molecule has 0 saturated carbocycles. The number of hydrogen-bond donors (Lipinski definition) is 1. The topological polar surface area (TPSA) is 37.3 Å². The Morgan fingerprint density at radius 3 is 2.60 bits per heavy atom. The Morgan fingerprint density at radius 2 is 1.80 bits per heavy atom. The van der Waals surface area contributed by atoms with Crippen LogP contribution in [0.25, 0.3) is 27.3 Å². The first-order chi connectivity index (χ1) is 9.72. The van der Waals surface area contributed by atoms with Crippen molar-refractivity contribution >= 4 is 34.2 Å². The normalized spacial score (nSPS) is 11.2. The molecule has 0 unspecified atom stereocenters. The fourth-order valence-corrected chi connectivity index (χ4v) is 3.00. The number of carboxylic acid groups (broad SMARTS) is 1. The Bertz CT molecular complexity index is 799. The van der Waals surface area contributed by atoms with Crippen LogP contribution in [0, 0.1) is 0 Å². The second-order valence-corrected chi connectivity index (χ2v) is 5.55. The largest absolute Gasteiger partial charge is 0.478 e. The molecule has 0 radical (unpaired) electrons. The maximum absolute atomic E-state index is 10.5. The lowest BCUT2D eigenvalue weighted by atomic mass is 10.1. The third-order valence-corrected chi connectivity index (χ3v) is 4.15. The molecule has 1 aromatic heterocycles. The van der Waals surface area contributed by atoms with E-state index in [4.69, 9.17) is 5.11 Å². The van der Waals surface area contributed by atoms with E-state index >= 15 is 0 Å². The lowest BCUT2D eigenvalue weighted by molar-refractivity contribution is -0.131. The van der Waals surface area contributed by atoms with Crippen molar-refractivity contribution in [3.05, 3.63) is 65.6 Å². The van der Waals surface area contributed by atoms with Crippen LogP contribution >= 0.6 is 11.3 Å². The van der Waals surface area contributed by atoms with Crippen LogP contribution < -0.4 is 0 Å². The van der Waals surface area contributed by atoms with Crippen molar-refractivity contribution in [3.8, 4) is 10.4 Å². The molecule has 0 aliphatic rings. The molecule has 0 bridgehead atoms. The van der Waals surface area contributed by atoms with Gasteiger partial charge in [0, 0.05) is 15.8 Å². The van der Waals surface area contributed by atoms with Gasteiger partial charge in [-0.1, -0.05) is 36.4 Å². The predicted molar refractivity (Wildman–Crippen MR) is 83.9 cm³/mol. The van der Waals surface area contributed by atoms with E-state index in [1.807, 2.05) is 24.3 Å². The monoisotopic (exact) mass is 280 g/mol. The molecule has 0 saturated heterocycles. The molecule has 3 rings (SSSR count). The van der Waals surface area contributed by atoms with Gasteiger partial charge in [0.2, 0.25) is 0 Å². The van der Waals surface area contributed by atoms with Gasteiger partial charge in [-0.25, -0.2) is 4.79 Å². The highest BCUT2D eigenvalue weighted by Gasteiger charge is 2.03. The Labute approximate surface area is 120 Å². The van der Waals surface area contributed by atoms with Gasteiger partial charge in [0.1, 0.15) is 0 Å². The van der Waals surface area contributed by atoms with Crippen molar-refractivity contribution in [2.45, 2.75) is 0 Å². The van der Waals surface area contributed by atoms with Gasteiger partial charge in [-0.05, 0) is 40.6 Å². The van der Waals surface area contributed by atoms with Crippen molar-refractivity contribution in [2.24, 2.45) is 0 Å². The lowest BCUT2D eigenvalue weighted by Crippen LogP contribution is -1.84. The fourth-order valence-electron chi connectivity index (χ4n) is 2.09. The van der Waals surface area contributed by atoms with Crippen LogP contribution in [0.1, 0.15) is 4.88 Å². The summed E-state index contributed by atoms with van der Waals surface area (Å²) in [5.41, 5.74) is 1.16. The highest BCUT2D eigenvalue weighted by atomic mass is 32.1. The Kier molecular flexibility index (Phi) is 3.35. The quantitative estimate of drug-likeness (QED) is 0.708. The van der Waals surface area contributed by atoms with Crippen molar-refractivity contribution < 1.29 is 9.90 Å². The second kappa shape index (κ2) is 5.31. The van der Waals surface area contributed by atoms with E-state index in [-0.39, 0.29) is 0 Å². The number of carboxylic acids is 1. The van der Waals surface area contributed by atoms with Gasteiger partial charge in [-0.15, -0.1) is 11.3 Å². The standard InChI is InChI=1S/C17H12O2S/c18-17(19)10-8-15-7-9-16(20-15)14-6-5-12-3-1-2-4-13(12)11-14/h1-11H,(H,18,19)/b10-8+. The van der Waals surface area contributed by atoms with Gasteiger partial charge in [-0.3, -0.25) is 0 Å². The van der Waals surface area contributed by atoms with Gasteiger partial charge >= 0.3 is 5.97 Å². The summed E-state index contributed by atoms with van der Waals surface area (Å²) in [4.78, 5) is 12.6. The van der Waals surface area contributed by atoms with Crippen LogP contribution in [0.15, 0.2) is 60.7 Å². The van der Waals surface area contributed by atoms with E-state index in [1.165, 1.54) is 10.8 Å². The molecule has 0 aliphatic heterocycles. The number of hydrogen-bond acceptors (Lipinski definition) is 2. The molecule has 2 nitrogen and oxygen atoms in total. The van der Waals surface area contributed by atoms with Gasteiger partial charge in [0.05, 0.1) is 0 Å². The van der Waals surface area contributed by atoms with Gasteiger partial charge < -0.3 is 5.11 Å². The number of aliphatic carboxylic acids is 1. The molecule has 0 fully saturated rings. The maximum Gasteiger partial charge on any atom is 0.328 e. The van der Waals surface area contributed by atoms with Crippen molar-refractivity contribution in [3.63, 3.8) is 0 Å². The number of fused-ring (bicyclic) bond motifs is 1. The number of benzene rings is 2. The van der Waals surface area contributed by atoms with Crippen LogP contribution in [0.3, 0.4) is 0 Å². The molecule has 0 atom stereocenters. The van der Waals surface area contributed by atoms with Crippen molar-refractivity contribution in [1.82, 2.24) is 0 Å². The van der Waals surface area contributed by atoms with E-state index in [1.54, 1.807) is 17.4 Å². The molecule has 98 valence electrons. The molecule has 0 spiro atoms. The van der Waals surface area contributed by atoms with E-state index in [0.717, 1.165) is 21.4 Å². The minimum Gasteiger partial charge on any atom is -0.478 e. The van der Waals surface area contributed by atoms with Gasteiger partial charge in [0.25, 0.3) is 0 Å². The molecule has 0 amide bonds. The first-order valence-corrected chi connectivity index (χ1v) is 7.04. The van der Waals surface area contributed by atoms with Crippen LogP contribution in [0.5, 0.6) is 0 Å². The average Bonchev–Trinajstić information content (AvgIpc) is 2.93. The van der Waals surface area contributed by atoms with Crippen LogP contribution in [0.4, 0.5) is 0 Å². The highest BCUT2D eigenvalue weighted by Crippen LogP contribution is 2.31. The van der Waals surface area contributed by atoms with Crippen molar-refractivity contribution in [2.75, 3.05) is 0 Å². The third kappa shape index (κ3) is 2.63. The number of carbonyl (C=O) groups is 1. The van der Waals surface area contributed by atoms with Gasteiger partial charge in [-0.2, -0.15) is 0 Å². The molecular formula is C17H12O2S. The van der Waals surface area contributed by atoms with Crippen LogP contribution in [0.2, 0.25) is 0 Å². The number of thiophene rings is 1. The highest BCUT2D eigenvalue weighted by molar-refractivity contribution is 7.16. The summed E-state index contributed by atoms with van der Waals surface area (Å²) in [6.45, 7) is 0. The van der Waals surface area contributed by atoms with Crippen molar-refractivity contribution in [1.29, 1.82) is 0 Å². The summed E-state index contributed by atoms with van der Waals surface area (Å²) in [6.07, 6.45) is 2.79. The molecule has 3 aromatic rings. The van der Waals surface area contributed by atoms with E-state index in [2.05, 4.69) is 30.3 Å². The molecule has 0 aliphatic carbocycles. The lowest BCUT2D eigenvalue weighted by Gasteiger charge is -2.01. The summed E-state index contributed by atoms with van der Waals surface area (Å²) in [6, 6.07) is 18.6. The SMILES string of the molecule is O=C(O)/C=C/c1ccc(-c2ccc3ccccc3c2)s1. The Morgan fingerprint density at radius 1 is 1.00 bits per heavy atom. The van der Waals surface area contributed by atoms with E-state index in [0.29, 0.717) is 0 Å². The predicted octanol–water partition coefficient (Wildman–Crippen LogP) is 4.67. The smallest absolute Gasteiger partial charge is 0.328 e. The molecule has 3 heteroatoms. The first kappa shape index (κ1) is 12.6. The Balaban J connectivity index is 1.96.